The molecule has 0 saturated carbocycles. The molecule has 11 heteroatoms. The zero-order valence-corrected chi connectivity index (χ0v) is 19.8. The molecule has 0 radical (unpaired) electrons. The molecule has 0 aliphatic carbocycles. The summed E-state index contributed by atoms with van der Waals surface area (Å²) in [5, 5.41) is 3.16. The van der Waals surface area contributed by atoms with Gasteiger partial charge in [0.1, 0.15) is 0 Å². The molecular weight excluding hydrogens is 479 g/mol. The molecule has 0 unspecified atom stereocenters. The van der Waals surface area contributed by atoms with Crippen LogP contribution in [0.2, 0.25) is 0 Å². The Balaban J connectivity index is 0.00000576. The van der Waals surface area contributed by atoms with E-state index in [0.29, 0.717) is 25.6 Å². The number of aliphatic imine (C=N–C) groups is 1. The van der Waals surface area contributed by atoms with Gasteiger partial charge in [0.15, 0.2) is 15.8 Å². The van der Waals surface area contributed by atoms with E-state index in [0.717, 1.165) is 6.26 Å². The number of hydrogen-bond acceptors (Lipinski definition) is 5. The monoisotopic (exact) mass is 510 g/mol. The van der Waals surface area contributed by atoms with Crippen LogP contribution in [0.1, 0.15) is 34.6 Å². The topological polar surface area (TPSA) is 108 Å². The van der Waals surface area contributed by atoms with Gasteiger partial charge in [-0.3, -0.25) is 4.99 Å². The van der Waals surface area contributed by atoms with Crippen LogP contribution in [-0.4, -0.2) is 76.2 Å². The van der Waals surface area contributed by atoms with Crippen molar-refractivity contribution in [3.05, 3.63) is 0 Å². The van der Waals surface area contributed by atoms with Crippen molar-refractivity contribution in [2.24, 2.45) is 4.99 Å². The fourth-order valence-electron chi connectivity index (χ4n) is 2.56. The molecule has 0 amide bonds. The third-order valence-electron chi connectivity index (χ3n) is 3.76. The Morgan fingerprint density at radius 1 is 1.32 bits per heavy atom. The number of nitrogens with zero attached hydrogens (tertiary/aromatic N) is 2. The Labute approximate surface area is 169 Å². The smallest absolute Gasteiger partial charge is 0.209 e. The van der Waals surface area contributed by atoms with E-state index in [1.165, 1.54) is 0 Å². The number of rotatable bonds is 5. The third-order valence-corrected chi connectivity index (χ3v) is 7.22. The number of guanidine groups is 1. The summed E-state index contributed by atoms with van der Waals surface area (Å²) in [5.74, 6) is 0.680. The minimum atomic E-state index is -3.33. The maximum Gasteiger partial charge on any atom is 0.209 e. The molecule has 8 nitrogen and oxygen atoms in total. The molecule has 1 fully saturated rings. The first kappa shape index (κ1) is 24.9. The maximum atomic E-state index is 12.1. The predicted octanol–water partition coefficient (Wildman–Crippen LogP) is 0.407. The normalized spacial score (nSPS) is 20.7. The molecule has 1 rings (SSSR count). The Hall–Kier alpha value is -0.140. The Bertz CT molecular complexity index is 688. The van der Waals surface area contributed by atoms with Crippen LogP contribution < -0.4 is 10.0 Å². The molecule has 150 valence electrons. The first-order valence-electron chi connectivity index (χ1n) is 7.94. The van der Waals surface area contributed by atoms with Crippen molar-refractivity contribution in [3.63, 3.8) is 0 Å². The number of halogens is 1. The maximum absolute atomic E-state index is 12.1. The second-order valence-corrected chi connectivity index (χ2v) is 11.9. The van der Waals surface area contributed by atoms with Gasteiger partial charge in [0, 0.05) is 25.2 Å². The molecule has 25 heavy (non-hydrogen) atoms. The van der Waals surface area contributed by atoms with Gasteiger partial charge in [-0.1, -0.05) is 0 Å². The summed E-state index contributed by atoms with van der Waals surface area (Å²) in [5.41, 5.74) is -0.731. The Morgan fingerprint density at radius 2 is 1.88 bits per heavy atom. The van der Waals surface area contributed by atoms with Gasteiger partial charge >= 0.3 is 0 Å². The van der Waals surface area contributed by atoms with Crippen molar-refractivity contribution in [1.82, 2.24) is 14.9 Å². The molecule has 2 N–H and O–H groups in total. The highest BCUT2D eigenvalue weighted by Gasteiger charge is 2.41. The standard InChI is InChI=1S/C14H30N4O4S2.HI/c1-7-15-12(16-10-13(2,3)17-23(6,19)20)18-8-9-24(21,22)14(4,5)11-18;/h17H,7-11H2,1-6H3,(H,15,16);1H. The molecule has 0 aromatic rings. The van der Waals surface area contributed by atoms with Crippen molar-refractivity contribution < 1.29 is 16.8 Å². The first-order chi connectivity index (χ1) is 10.7. The van der Waals surface area contributed by atoms with Crippen molar-refractivity contribution in [2.45, 2.75) is 44.9 Å². The average Bonchev–Trinajstić information content (AvgIpc) is 2.35. The number of sulfone groups is 1. The van der Waals surface area contributed by atoms with Gasteiger partial charge in [-0.05, 0) is 34.6 Å². The van der Waals surface area contributed by atoms with E-state index < -0.39 is 30.1 Å². The van der Waals surface area contributed by atoms with Crippen molar-refractivity contribution in [2.75, 3.05) is 38.2 Å². The minimum absolute atomic E-state index is 0. The van der Waals surface area contributed by atoms with Crippen molar-refractivity contribution >= 4 is 49.8 Å². The van der Waals surface area contributed by atoms with Gasteiger partial charge in [-0.2, -0.15) is 0 Å². The highest BCUT2D eigenvalue weighted by molar-refractivity contribution is 14.0. The van der Waals surface area contributed by atoms with Gasteiger partial charge < -0.3 is 10.2 Å². The minimum Gasteiger partial charge on any atom is -0.357 e. The van der Waals surface area contributed by atoms with E-state index >= 15 is 0 Å². The van der Waals surface area contributed by atoms with Crippen LogP contribution in [0.5, 0.6) is 0 Å². The summed E-state index contributed by atoms with van der Waals surface area (Å²) in [6, 6.07) is 0. The fraction of sp³-hybridized carbons (Fsp3) is 0.929. The molecule has 0 spiro atoms. The second kappa shape index (κ2) is 8.70. The average molecular weight is 510 g/mol. The van der Waals surface area contributed by atoms with Crippen LogP contribution in [0, 0.1) is 0 Å². The van der Waals surface area contributed by atoms with Gasteiger partial charge in [0.25, 0.3) is 0 Å². The van der Waals surface area contributed by atoms with E-state index in [9.17, 15) is 16.8 Å². The molecule has 1 saturated heterocycles. The molecule has 0 aromatic carbocycles. The molecular formula is C14H31IN4O4S2. The molecule has 1 heterocycles. The van der Waals surface area contributed by atoms with Crippen LogP contribution in [0.4, 0.5) is 0 Å². The number of nitrogens with one attached hydrogen (secondary N) is 2. The van der Waals surface area contributed by atoms with Crippen molar-refractivity contribution in [3.8, 4) is 0 Å². The fourth-order valence-corrected chi connectivity index (χ4v) is 4.99. The lowest BCUT2D eigenvalue weighted by Crippen LogP contribution is -2.57. The second-order valence-electron chi connectivity index (χ2n) is 7.43. The summed E-state index contributed by atoms with van der Waals surface area (Å²) in [6.45, 7) is 10.5. The van der Waals surface area contributed by atoms with E-state index in [1.54, 1.807) is 27.7 Å². The van der Waals surface area contributed by atoms with E-state index in [-0.39, 0.29) is 36.3 Å². The van der Waals surface area contributed by atoms with E-state index in [1.807, 2.05) is 11.8 Å². The zero-order valence-electron chi connectivity index (χ0n) is 15.8. The van der Waals surface area contributed by atoms with Gasteiger partial charge in [-0.25, -0.2) is 21.6 Å². The summed E-state index contributed by atoms with van der Waals surface area (Å²) in [4.78, 5) is 6.43. The molecule has 0 atom stereocenters. The molecule has 0 bridgehead atoms. The predicted molar refractivity (Wildman–Crippen MR) is 113 cm³/mol. The van der Waals surface area contributed by atoms with E-state index in [4.69, 9.17) is 0 Å². The Morgan fingerprint density at radius 3 is 2.32 bits per heavy atom. The van der Waals surface area contributed by atoms with Crippen molar-refractivity contribution in [1.29, 1.82) is 0 Å². The van der Waals surface area contributed by atoms with Crippen LogP contribution in [0.15, 0.2) is 4.99 Å². The lowest BCUT2D eigenvalue weighted by molar-refractivity contribution is 0.351. The van der Waals surface area contributed by atoms with Gasteiger partial charge in [0.2, 0.25) is 10.0 Å². The largest absolute Gasteiger partial charge is 0.357 e. The SMILES string of the molecule is CCNC(=NCC(C)(C)NS(C)(=O)=O)N1CCS(=O)(=O)C(C)(C)C1.I. The summed E-state index contributed by atoms with van der Waals surface area (Å²) < 4.78 is 48.8. The molecule has 1 aliphatic heterocycles. The Kier molecular flexibility index (Phi) is 8.65. The van der Waals surface area contributed by atoms with Gasteiger partial charge in [0.05, 0.1) is 23.3 Å². The third kappa shape index (κ3) is 7.55. The first-order valence-corrected chi connectivity index (χ1v) is 11.5. The van der Waals surface area contributed by atoms with Crippen LogP contribution in [-0.2, 0) is 19.9 Å². The van der Waals surface area contributed by atoms with E-state index in [2.05, 4.69) is 15.0 Å². The number of hydrogen-bond donors (Lipinski definition) is 2. The number of sulfonamides is 1. The van der Waals surface area contributed by atoms with Gasteiger partial charge in [-0.15, -0.1) is 24.0 Å². The highest BCUT2D eigenvalue weighted by atomic mass is 127. The lowest BCUT2D eigenvalue weighted by Gasteiger charge is -2.39. The summed E-state index contributed by atoms with van der Waals surface area (Å²) in [6.07, 6.45) is 1.11. The lowest BCUT2D eigenvalue weighted by atomic mass is 10.1. The quantitative estimate of drug-likeness (QED) is 0.315. The van der Waals surface area contributed by atoms with Crippen LogP contribution >= 0.6 is 24.0 Å². The summed E-state index contributed by atoms with van der Waals surface area (Å²) in [7, 11) is -6.46. The van der Waals surface area contributed by atoms with Crippen LogP contribution in [0.3, 0.4) is 0 Å². The highest BCUT2D eigenvalue weighted by Crippen LogP contribution is 2.23. The zero-order chi connectivity index (χ0) is 18.8. The van der Waals surface area contributed by atoms with Crippen LogP contribution in [0.25, 0.3) is 0 Å². The summed E-state index contributed by atoms with van der Waals surface area (Å²) >= 11 is 0. The molecule has 1 aliphatic rings. The molecule has 0 aromatic heterocycles.